The summed E-state index contributed by atoms with van der Waals surface area (Å²) >= 11 is 1.60. The lowest BCUT2D eigenvalue weighted by atomic mass is 10.2. The second-order valence-electron chi connectivity index (χ2n) is 7.90. The number of hydrogen-bond acceptors (Lipinski definition) is 7. The first kappa shape index (κ1) is 23.8. The van der Waals surface area contributed by atoms with Crippen LogP contribution >= 0.6 is 11.3 Å². The molecule has 0 saturated carbocycles. The van der Waals surface area contributed by atoms with E-state index in [1.807, 2.05) is 31.2 Å². The van der Waals surface area contributed by atoms with Crippen LogP contribution in [0.15, 0.2) is 64.3 Å². The van der Waals surface area contributed by atoms with Gasteiger partial charge in [0.05, 0.1) is 15.8 Å². The summed E-state index contributed by atoms with van der Waals surface area (Å²) < 4.78 is 8.21. The minimum absolute atomic E-state index is 0.138. The molecule has 178 valence electrons. The predicted octanol–water partition coefficient (Wildman–Crippen LogP) is 2.86. The number of nitrogens with zero attached hydrogens (tertiary/aromatic N) is 3. The molecule has 0 fully saturated rings. The number of aromatic nitrogens is 3. The molecule has 2 aromatic heterocycles. The summed E-state index contributed by atoms with van der Waals surface area (Å²) in [7, 11) is 2.84. The van der Waals surface area contributed by atoms with Crippen LogP contribution in [0.5, 0.6) is 0 Å². The standard InChI is InChI=1S/C25H22N4O5S/c1-15-4-10-19-20(12-15)35-23(27-19)16-5-8-18(9-6-16)26-21(30)14-34-22(31)11-7-17-13-28(2)25(33)29(3)24(17)32/h4-13H,14H2,1-3H3,(H,26,30)/b11-7+. The first-order valence-electron chi connectivity index (χ1n) is 10.6. The highest BCUT2D eigenvalue weighted by Crippen LogP contribution is 2.31. The molecule has 4 rings (SSSR count). The zero-order chi connectivity index (χ0) is 25.1. The Morgan fingerprint density at radius 1 is 1.11 bits per heavy atom. The molecule has 0 spiro atoms. The van der Waals surface area contributed by atoms with Crippen molar-refractivity contribution in [3.05, 3.63) is 86.7 Å². The van der Waals surface area contributed by atoms with Gasteiger partial charge in [0.1, 0.15) is 5.01 Å². The number of hydrogen-bond donors (Lipinski definition) is 1. The van der Waals surface area contributed by atoms with Crippen molar-refractivity contribution in [2.75, 3.05) is 11.9 Å². The number of thiazole rings is 1. The largest absolute Gasteiger partial charge is 0.452 e. The lowest BCUT2D eigenvalue weighted by Gasteiger charge is -2.06. The molecule has 9 nitrogen and oxygen atoms in total. The smallest absolute Gasteiger partial charge is 0.331 e. The number of ether oxygens (including phenoxy) is 1. The zero-order valence-corrected chi connectivity index (χ0v) is 20.1. The van der Waals surface area contributed by atoms with Crippen LogP contribution in [-0.2, 0) is 28.4 Å². The fourth-order valence-corrected chi connectivity index (χ4v) is 4.41. The highest BCUT2D eigenvalue weighted by Gasteiger charge is 2.10. The summed E-state index contributed by atoms with van der Waals surface area (Å²) in [5.74, 6) is -1.30. The minimum Gasteiger partial charge on any atom is -0.452 e. The number of fused-ring (bicyclic) bond motifs is 1. The molecule has 1 amide bonds. The van der Waals surface area contributed by atoms with Crippen molar-refractivity contribution in [2.24, 2.45) is 14.1 Å². The quantitative estimate of drug-likeness (QED) is 0.329. The van der Waals surface area contributed by atoms with Gasteiger partial charge in [-0.25, -0.2) is 14.6 Å². The molecule has 10 heteroatoms. The third-order valence-corrected chi connectivity index (χ3v) is 6.24. The molecule has 0 radical (unpaired) electrons. The molecule has 0 unspecified atom stereocenters. The van der Waals surface area contributed by atoms with Gasteiger partial charge in [-0.3, -0.25) is 14.2 Å². The summed E-state index contributed by atoms with van der Waals surface area (Å²) in [6.45, 7) is 1.55. The van der Waals surface area contributed by atoms with Crippen LogP contribution in [0.1, 0.15) is 11.1 Å². The summed E-state index contributed by atoms with van der Waals surface area (Å²) in [6, 6.07) is 13.4. The van der Waals surface area contributed by atoms with Gasteiger partial charge in [0.15, 0.2) is 6.61 Å². The summed E-state index contributed by atoms with van der Waals surface area (Å²) in [4.78, 5) is 52.5. The molecule has 1 N–H and O–H groups in total. The Hall–Kier alpha value is -4.31. The van der Waals surface area contributed by atoms with Gasteiger partial charge in [0.25, 0.3) is 11.5 Å². The molecule has 0 atom stereocenters. The average molecular weight is 491 g/mol. The van der Waals surface area contributed by atoms with Crippen LogP contribution in [0.4, 0.5) is 5.69 Å². The average Bonchev–Trinajstić information content (AvgIpc) is 3.26. The van der Waals surface area contributed by atoms with Crippen molar-refractivity contribution < 1.29 is 14.3 Å². The van der Waals surface area contributed by atoms with Crippen molar-refractivity contribution in [3.8, 4) is 10.6 Å². The number of benzene rings is 2. The van der Waals surface area contributed by atoms with Crippen LogP contribution < -0.4 is 16.6 Å². The van der Waals surface area contributed by atoms with E-state index in [9.17, 15) is 19.2 Å². The summed E-state index contributed by atoms with van der Waals surface area (Å²) in [5.41, 5.74) is 2.73. The highest BCUT2D eigenvalue weighted by molar-refractivity contribution is 7.21. The molecule has 0 aliphatic heterocycles. The lowest BCUT2D eigenvalue weighted by molar-refractivity contribution is -0.142. The summed E-state index contributed by atoms with van der Waals surface area (Å²) in [6.07, 6.45) is 3.59. The van der Waals surface area contributed by atoms with Crippen LogP contribution in [0.3, 0.4) is 0 Å². The number of aryl methyl sites for hydroxylation is 2. The molecule has 2 aromatic carbocycles. The van der Waals surface area contributed by atoms with E-state index in [4.69, 9.17) is 4.74 Å². The Bertz CT molecular complexity index is 1580. The number of anilines is 1. The number of esters is 1. The SMILES string of the molecule is Cc1ccc2nc(-c3ccc(NC(=O)COC(=O)/C=C/c4cn(C)c(=O)n(C)c4=O)cc3)sc2c1. The second-order valence-corrected chi connectivity index (χ2v) is 8.93. The van der Waals surface area contributed by atoms with Crippen LogP contribution in [0.2, 0.25) is 0 Å². The maximum absolute atomic E-state index is 12.2. The molecule has 0 aliphatic carbocycles. The first-order valence-corrected chi connectivity index (χ1v) is 11.4. The van der Waals surface area contributed by atoms with Crippen molar-refractivity contribution >= 4 is 45.2 Å². The molecule has 35 heavy (non-hydrogen) atoms. The fourth-order valence-electron chi connectivity index (χ4n) is 3.34. The Kier molecular flexibility index (Phi) is 6.74. The van der Waals surface area contributed by atoms with Crippen LogP contribution in [-0.4, -0.2) is 32.6 Å². The topological polar surface area (TPSA) is 112 Å². The second kappa shape index (κ2) is 9.90. The lowest BCUT2D eigenvalue weighted by Crippen LogP contribution is -2.37. The Labute approximate surface area is 203 Å². The van der Waals surface area contributed by atoms with E-state index >= 15 is 0 Å². The molecule has 0 saturated heterocycles. The van der Waals surface area contributed by atoms with Crippen molar-refractivity contribution in [1.29, 1.82) is 0 Å². The molecule has 0 bridgehead atoms. The minimum atomic E-state index is -0.794. The normalized spacial score (nSPS) is 11.2. The van der Waals surface area contributed by atoms with Crippen molar-refractivity contribution in [2.45, 2.75) is 6.92 Å². The van der Waals surface area contributed by atoms with Gasteiger partial charge < -0.3 is 14.6 Å². The van der Waals surface area contributed by atoms with E-state index in [-0.39, 0.29) is 5.56 Å². The van der Waals surface area contributed by atoms with Gasteiger partial charge in [0.2, 0.25) is 0 Å². The maximum Gasteiger partial charge on any atom is 0.331 e. The molecular formula is C25H22N4O5S. The Morgan fingerprint density at radius 3 is 2.60 bits per heavy atom. The van der Waals surface area contributed by atoms with Gasteiger partial charge in [-0.05, 0) is 55.0 Å². The summed E-state index contributed by atoms with van der Waals surface area (Å²) in [5, 5.41) is 3.55. The van der Waals surface area contributed by atoms with Crippen LogP contribution in [0, 0.1) is 6.92 Å². The van der Waals surface area contributed by atoms with Gasteiger partial charge in [-0.15, -0.1) is 11.3 Å². The van der Waals surface area contributed by atoms with Crippen molar-refractivity contribution in [3.63, 3.8) is 0 Å². The first-order chi connectivity index (χ1) is 16.7. The van der Waals surface area contributed by atoms with Gasteiger partial charge in [-0.1, -0.05) is 6.07 Å². The number of carbonyl (C=O) groups is 2. The Balaban J connectivity index is 1.33. The Morgan fingerprint density at radius 2 is 1.86 bits per heavy atom. The number of amides is 1. The molecule has 4 aromatic rings. The molecule has 2 heterocycles. The van der Waals surface area contributed by atoms with Crippen molar-refractivity contribution in [1.82, 2.24) is 14.1 Å². The predicted molar refractivity (Wildman–Crippen MR) is 135 cm³/mol. The number of rotatable bonds is 6. The van der Waals surface area contributed by atoms with Gasteiger partial charge >= 0.3 is 11.7 Å². The van der Waals surface area contributed by atoms with E-state index in [2.05, 4.69) is 16.4 Å². The monoisotopic (exact) mass is 490 g/mol. The van der Waals surface area contributed by atoms with E-state index in [0.29, 0.717) is 5.69 Å². The van der Waals surface area contributed by atoms with E-state index in [1.165, 1.54) is 36.5 Å². The van der Waals surface area contributed by atoms with E-state index < -0.39 is 29.7 Å². The fraction of sp³-hybridized carbons (Fsp3) is 0.160. The van der Waals surface area contributed by atoms with E-state index in [0.717, 1.165) is 31.4 Å². The third-order valence-electron chi connectivity index (χ3n) is 5.18. The van der Waals surface area contributed by atoms with Gasteiger partial charge in [0, 0.05) is 37.6 Å². The van der Waals surface area contributed by atoms with E-state index in [1.54, 1.807) is 23.5 Å². The zero-order valence-electron chi connectivity index (χ0n) is 19.3. The highest BCUT2D eigenvalue weighted by atomic mass is 32.1. The van der Waals surface area contributed by atoms with Crippen LogP contribution in [0.25, 0.3) is 26.9 Å². The maximum atomic E-state index is 12.2. The number of carbonyl (C=O) groups excluding carboxylic acids is 2. The number of nitrogens with one attached hydrogen (secondary N) is 1. The third kappa shape index (κ3) is 5.44. The molecule has 0 aliphatic rings. The van der Waals surface area contributed by atoms with Gasteiger partial charge in [-0.2, -0.15) is 0 Å². The molecular weight excluding hydrogens is 468 g/mol.